The van der Waals surface area contributed by atoms with Gasteiger partial charge in [-0.2, -0.15) is 5.10 Å². The molecule has 1 atom stereocenters. The number of aryl methyl sites for hydroxylation is 1. The number of fused-ring (bicyclic) bond motifs is 1. The average Bonchev–Trinajstić information content (AvgIpc) is 2.74. The van der Waals surface area contributed by atoms with E-state index in [1.165, 1.54) is 10.9 Å². The summed E-state index contributed by atoms with van der Waals surface area (Å²) in [6.07, 6.45) is 3.19. The van der Waals surface area contributed by atoms with Gasteiger partial charge in [-0.3, -0.25) is 14.5 Å². The maximum atomic E-state index is 12.8. The molecule has 0 spiro atoms. The zero-order valence-electron chi connectivity index (χ0n) is 16.1. The number of nitrogens with one attached hydrogen (secondary N) is 1. The number of carbonyl (C=O) groups is 1. The van der Waals surface area contributed by atoms with Gasteiger partial charge < -0.3 is 5.32 Å². The van der Waals surface area contributed by atoms with Crippen molar-refractivity contribution < 1.29 is 4.79 Å². The first kappa shape index (κ1) is 19.5. The highest BCUT2D eigenvalue weighted by atomic mass is 35.5. The largest absolute Gasteiger partial charge is 0.310 e. The molecule has 3 heterocycles. The minimum Gasteiger partial charge on any atom is -0.310 e. The van der Waals surface area contributed by atoms with Gasteiger partial charge in [0, 0.05) is 18.1 Å². The summed E-state index contributed by atoms with van der Waals surface area (Å²) in [6, 6.07) is 10.9. The molecular formula is C21H22ClN5O2. The number of benzene rings is 1. The second kappa shape index (κ2) is 8.31. The molecule has 1 unspecified atom stereocenters. The molecule has 1 aliphatic heterocycles. The SMILES string of the molecule is Cc1nn(CN2CCCC(C(=O)Nc3ccc(Cl)cn3)C2)c(=O)c2ccccc12. The van der Waals surface area contributed by atoms with Crippen LogP contribution in [0.15, 0.2) is 47.4 Å². The van der Waals surface area contributed by atoms with E-state index in [0.717, 1.165) is 30.5 Å². The molecule has 29 heavy (non-hydrogen) atoms. The topological polar surface area (TPSA) is 80.1 Å². The molecule has 0 bridgehead atoms. The lowest BCUT2D eigenvalue weighted by atomic mass is 9.97. The molecule has 150 valence electrons. The summed E-state index contributed by atoms with van der Waals surface area (Å²) in [5.74, 6) is 0.248. The summed E-state index contributed by atoms with van der Waals surface area (Å²) in [7, 11) is 0. The fourth-order valence-electron chi connectivity index (χ4n) is 3.77. The quantitative estimate of drug-likeness (QED) is 0.713. The van der Waals surface area contributed by atoms with Crippen molar-refractivity contribution in [3.05, 3.63) is 63.7 Å². The van der Waals surface area contributed by atoms with Crippen LogP contribution in [-0.4, -0.2) is 38.7 Å². The third-order valence-electron chi connectivity index (χ3n) is 5.24. The van der Waals surface area contributed by atoms with Crippen molar-refractivity contribution in [2.75, 3.05) is 18.4 Å². The lowest BCUT2D eigenvalue weighted by molar-refractivity contribution is -0.121. The van der Waals surface area contributed by atoms with E-state index >= 15 is 0 Å². The maximum Gasteiger partial charge on any atom is 0.275 e. The van der Waals surface area contributed by atoms with Crippen LogP contribution in [0.4, 0.5) is 5.82 Å². The first-order valence-corrected chi connectivity index (χ1v) is 10.0. The summed E-state index contributed by atoms with van der Waals surface area (Å²) < 4.78 is 1.50. The number of hydrogen-bond acceptors (Lipinski definition) is 5. The summed E-state index contributed by atoms with van der Waals surface area (Å²) in [4.78, 5) is 31.7. The van der Waals surface area contributed by atoms with Crippen LogP contribution < -0.4 is 10.9 Å². The van der Waals surface area contributed by atoms with Gasteiger partial charge in [0.15, 0.2) is 0 Å². The molecule has 1 amide bonds. The Hall–Kier alpha value is -2.77. The van der Waals surface area contributed by atoms with Crippen molar-refractivity contribution in [1.29, 1.82) is 0 Å². The Bertz CT molecular complexity index is 1100. The number of rotatable bonds is 4. The molecule has 0 aliphatic carbocycles. The number of anilines is 1. The Kier molecular flexibility index (Phi) is 5.60. The molecular weight excluding hydrogens is 390 g/mol. The van der Waals surface area contributed by atoms with E-state index in [1.807, 2.05) is 31.2 Å². The Morgan fingerprint density at radius 1 is 1.24 bits per heavy atom. The van der Waals surface area contributed by atoms with Crippen LogP contribution in [0, 0.1) is 12.8 Å². The smallest absolute Gasteiger partial charge is 0.275 e. The molecule has 7 nitrogen and oxygen atoms in total. The molecule has 0 saturated carbocycles. The molecule has 2 aromatic heterocycles. The van der Waals surface area contributed by atoms with E-state index < -0.39 is 0 Å². The van der Waals surface area contributed by atoms with Gasteiger partial charge in [0.25, 0.3) is 5.56 Å². The minimum atomic E-state index is -0.168. The molecule has 3 aromatic rings. The number of pyridine rings is 1. The number of likely N-dealkylation sites (tertiary alicyclic amines) is 1. The molecule has 1 N–H and O–H groups in total. The highest BCUT2D eigenvalue weighted by molar-refractivity contribution is 6.30. The normalized spacial score (nSPS) is 17.4. The van der Waals surface area contributed by atoms with Gasteiger partial charge in [-0.15, -0.1) is 0 Å². The second-order valence-electron chi connectivity index (χ2n) is 7.34. The minimum absolute atomic E-state index is 0.0699. The Morgan fingerprint density at radius 2 is 2.03 bits per heavy atom. The second-order valence-corrected chi connectivity index (χ2v) is 7.78. The number of halogens is 1. The fourth-order valence-corrected chi connectivity index (χ4v) is 3.88. The van der Waals surface area contributed by atoms with Gasteiger partial charge in [-0.25, -0.2) is 9.67 Å². The number of amides is 1. The van der Waals surface area contributed by atoms with Gasteiger partial charge in [0.1, 0.15) is 5.82 Å². The lowest BCUT2D eigenvalue weighted by Crippen LogP contribution is -2.43. The molecule has 8 heteroatoms. The third-order valence-corrected chi connectivity index (χ3v) is 5.46. The van der Waals surface area contributed by atoms with Crippen molar-refractivity contribution in [2.24, 2.45) is 5.92 Å². The van der Waals surface area contributed by atoms with Crippen LogP contribution >= 0.6 is 11.6 Å². The fraction of sp³-hybridized carbons (Fsp3) is 0.333. The number of piperidine rings is 1. The van der Waals surface area contributed by atoms with Crippen LogP contribution in [0.3, 0.4) is 0 Å². The Labute approximate surface area is 173 Å². The number of carbonyl (C=O) groups excluding carboxylic acids is 1. The van der Waals surface area contributed by atoms with Crippen molar-refractivity contribution in [2.45, 2.75) is 26.4 Å². The van der Waals surface area contributed by atoms with Gasteiger partial charge >= 0.3 is 0 Å². The molecule has 1 aromatic carbocycles. The maximum absolute atomic E-state index is 12.8. The van der Waals surface area contributed by atoms with E-state index in [9.17, 15) is 9.59 Å². The summed E-state index contributed by atoms with van der Waals surface area (Å²) in [6.45, 7) is 3.67. The molecule has 1 aliphatic rings. The predicted molar refractivity (Wildman–Crippen MR) is 113 cm³/mol. The summed E-state index contributed by atoms with van der Waals surface area (Å²) >= 11 is 5.84. The van der Waals surface area contributed by atoms with Gasteiger partial charge in [0.2, 0.25) is 5.91 Å². The highest BCUT2D eigenvalue weighted by Gasteiger charge is 2.26. The average molecular weight is 412 g/mol. The lowest BCUT2D eigenvalue weighted by Gasteiger charge is -2.31. The predicted octanol–water partition coefficient (Wildman–Crippen LogP) is 3.06. The molecule has 1 saturated heterocycles. The number of nitrogens with zero attached hydrogens (tertiary/aromatic N) is 4. The number of aromatic nitrogens is 3. The van der Waals surface area contributed by atoms with E-state index in [0.29, 0.717) is 29.4 Å². The third kappa shape index (κ3) is 4.31. The summed E-state index contributed by atoms with van der Waals surface area (Å²) in [5, 5.41) is 9.39. The van der Waals surface area contributed by atoms with E-state index in [-0.39, 0.29) is 17.4 Å². The van der Waals surface area contributed by atoms with Crippen LogP contribution in [0.2, 0.25) is 5.02 Å². The first-order valence-electron chi connectivity index (χ1n) is 9.62. The first-order chi connectivity index (χ1) is 14.0. The monoisotopic (exact) mass is 411 g/mol. The molecule has 0 radical (unpaired) electrons. The van der Waals surface area contributed by atoms with Crippen LogP contribution in [-0.2, 0) is 11.5 Å². The van der Waals surface area contributed by atoms with Crippen molar-refractivity contribution >= 4 is 34.1 Å². The van der Waals surface area contributed by atoms with E-state index in [1.54, 1.807) is 12.1 Å². The standard InChI is InChI=1S/C21H22ClN5O2/c1-14-17-6-2-3-7-18(17)21(29)27(25-14)13-26-10-4-5-15(12-26)20(28)24-19-9-8-16(22)11-23-19/h2-3,6-9,11,15H,4-5,10,12-13H2,1H3,(H,23,24,28). The summed E-state index contributed by atoms with van der Waals surface area (Å²) in [5.41, 5.74) is 0.712. The Balaban J connectivity index is 1.47. The van der Waals surface area contributed by atoms with Crippen molar-refractivity contribution in [1.82, 2.24) is 19.7 Å². The van der Waals surface area contributed by atoms with Gasteiger partial charge in [-0.1, -0.05) is 29.8 Å². The zero-order chi connectivity index (χ0) is 20.4. The molecule has 1 fully saturated rings. The van der Waals surface area contributed by atoms with Crippen LogP contribution in [0.5, 0.6) is 0 Å². The van der Waals surface area contributed by atoms with Crippen molar-refractivity contribution in [3.63, 3.8) is 0 Å². The van der Waals surface area contributed by atoms with E-state index in [4.69, 9.17) is 11.6 Å². The van der Waals surface area contributed by atoms with Gasteiger partial charge in [-0.05, 0) is 44.5 Å². The number of hydrogen-bond donors (Lipinski definition) is 1. The van der Waals surface area contributed by atoms with Crippen LogP contribution in [0.25, 0.3) is 10.8 Å². The van der Waals surface area contributed by atoms with E-state index in [2.05, 4.69) is 20.3 Å². The molecule has 4 rings (SSSR count). The van der Waals surface area contributed by atoms with Crippen LogP contribution in [0.1, 0.15) is 18.5 Å². The van der Waals surface area contributed by atoms with Crippen molar-refractivity contribution in [3.8, 4) is 0 Å². The zero-order valence-corrected chi connectivity index (χ0v) is 16.9. The van der Waals surface area contributed by atoms with Gasteiger partial charge in [0.05, 0.1) is 28.7 Å². The highest BCUT2D eigenvalue weighted by Crippen LogP contribution is 2.19. The Morgan fingerprint density at radius 3 is 2.79 bits per heavy atom.